The highest BCUT2D eigenvalue weighted by Crippen LogP contribution is 2.37. The molecule has 2 amide bonds. The van der Waals surface area contributed by atoms with Crippen molar-refractivity contribution >= 4 is 23.5 Å². The van der Waals surface area contributed by atoms with E-state index in [1.54, 1.807) is 24.3 Å². The molecule has 160 valence electrons. The maximum Gasteiger partial charge on any atom is 0.335 e. The number of para-hydroxylation sites is 1. The highest BCUT2D eigenvalue weighted by Gasteiger charge is 2.38. The average Bonchev–Trinajstić information content (AvgIpc) is 3.09. The molecule has 0 fully saturated rings. The summed E-state index contributed by atoms with van der Waals surface area (Å²) in [5.74, 6) is -1.06. The molecular formula is C27H17NO5. The van der Waals surface area contributed by atoms with Gasteiger partial charge in [-0.15, -0.1) is 0 Å². The van der Waals surface area contributed by atoms with Gasteiger partial charge in [0.15, 0.2) is 0 Å². The van der Waals surface area contributed by atoms with E-state index in [1.807, 2.05) is 42.5 Å². The molecule has 0 aliphatic carbocycles. The van der Waals surface area contributed by atoms with Gasteiger partial charge in [0, 0.05) is 5.56 Å². The van der Waals surface area contributed by atoms with E-state index in [-0.39, 0.29) is 11.1 Å². The van der Waals surface area contributed by atoms with Crippen LogP contribution in [-0.2, 0) is 0 Å². The molecule has 1 heterocycles. The number of nitrogens with zero attached hydrogens (tertiary/aromatic N) is 1. The topological polar surface area (TPSA) is 83.9 Å². The van der Waals surface area contributed by atoms with Crippen LogP contribution in [0.25, 0.3) is 11.1 Å². The van der Waals surface area contributed by atoms with Gasteiger partial charge in [0.05, 0.1) is 22.4 Å². The van der Waals surface area contributed by atoms with E-state index in [0.717, 1.165) is 11.1 Å². The van der Waals surface area contributed by atoms with Gasteiger partial charge in [-0.05, 0) is 54.1 Å². The van der Waals surface area contributed by atoms with Gasteiger partial charge in [-0.1, -0.05) is 48.5 Å². The molecule has 4 aromatic rings. The van der Waals surface area contributed by atoms with Crippen LogP contribution >= 0.6 is 0 Å². The SMILES string of the molecule is O=C(O)c1ccc(Oc2ccc3c(c2)C(=O)N(c2ccccc2-c2ccccc2)C3=O)cc1. The Morgan fingerprint density at radius 3 is 2.03 bits per heavy atom. The standard InChI is InChI=1S/C27H17NO5/c29-25-22-15-14-20(33-19-12-10-18(11-13-19)27(31)32)16-23(22)26(30)28(25)24-9-5-4-8-21(24)17-6-2-1-3-7-17/h1-16H,(H,31,32). The fraction of sp³-hybridized carbons (Fsp3) is 0. The van der Waals surface area contributed by atoms with Crippen LogP contribution in [-0.4, -0.2) is 22.9 Å². The summed E-state index contributed by atoms with van der Waals surface area (Å²) >= 11 is 0. The second-order valence-corrected chi connectivity index (χ2v) is 7.47. The lowest BCUT2D eigenvalue weighted by atomic mass is 10.0. The zero-order chi connectivity index (χ0) is 22.9. The number of carbonyl (C=O) groups excluding carboxylic acids is 2. The summed E-state index contributed by atoms with van der Waals surface area (Å²) in [6, 6.07) is 27.5. The van der Waals surface area contributed by atoms with Crippen molar-refractivity contribution in [3.63, 3.8) is 0 Å². The van der Waals surface area contributed by atoms with Gasteiger partial charge in [0.1, 0.15) is 11.5 Å². The van der Waals surface area contributed by atoms with Crippen LogP contribution in [0.5, 0.6) is 11.5 Å². The minimum absolute atomic E-state index is 0.143. The monoisotopic (exact) mass is 435 g/mol. The number of carboxylic acid groups (broad SMARTS) is 1. The maximum absolute atomic E-state index is 13.3. The molecule has 0 aromatic heterocycles. The number of ether oxygens (including phenoxy) is 1. The second kappa shape index (κ2) is 8.09. The number of fused-ring (bicyclic) bond motifs is 1. The molecule has 6 heteroatoms. The Labute approximate surface area is 189 Å². The van der Waals surface area contributed by atoms with Gasteiger partial charge >= 0.3 is 5.97 Å². The van der Waals surface area contributed by atoms with Crippen molar-refractivity contribution in [3.8, 4) is 22.6 Å². The number of hydrogen-bond acceptors (Lipinski definition) is 4. The summed E-state index contributed by atoms with van der Waals surface area (Å²) in [5.41, 5.74) is 2.89. The van der Waals surface area contributed by atoms with E-state index in [4.69, 9.17) is 9.84 Å². The summed E-state index contributed by atoms with van der Waals surface area (Å²) in [5, 5.41) is 9.02. The van der Waals surface area contributed by atoms with Crippen molar-refractivity contribution in [1.82, 2.24) is 0 Å². The first kappa shape index (κ1) is 20.2. The van der Waals surface area contributed by atoms with Crippen molar-refractivity contribution in [2.45, 2.75) is 0 Å². The van der Waals surface area contributed by atoms with E-state index in [2.05, 4.69) is 0 Å². The molecule has 33 heavy (non-hydrogen) atoms. The Bertz CT molecular complexity index is 1390. The Kier molecular flexibility index (Phi) is 4.95. The van der Waals surface area contributed by atoms with Crippen molar-refractivity contribution < 1.29 is 24.2 Å². The molecule has 6 nitrogen and oxygen atoms in total. The van der Waals surface area contributed by atoms with E-state index in [9.17, 15) is 14.4 Å². The normalized spacial score (nSPS) is 12.5. The molecule has 5 rings (SSSR count). The number of hydrogen-bond donors (Lipinski definition) is 1. The summed E-state index contributed by atoms with van der Waals surface area (Å²) < 4.78 is 5.78. The lowest BCUT2D eigenvalue weighted by Crippen LogP contribution is -2.29. The molecule has 0 bridgehead atoms. The number of amides is 2. The second-order valence-electron chi connectivity index (χ2n) is 7.47. The number of rotatable bonds is 5. The first-order valence-electron chi connectivity index (χ1n) is 10.2. The van der Waals surface area contributed by atoms with Crippen LogP contribution in [0.4, 0.5) is 5.69 Å². The smallest absolute Gasteiger partial charge is 0.335 e. The largest absolute Gasteiger partial charge is 0.478 e. The van der Waals surface area contributed by atoms with E-state index in [0.29, 0.717) is 22.7 Å². The van der Waals surface area contributed by atoms with Crippen LogP contribution in [0.15, 0.2) is 97.1 Å². The molecule has 0 radical (unpaired) electrons. The Morgan fingerprint density at radius 1 is 0.667 bits per heavy atom. The van der Waals surface area contributed by atoms with Crippen LogP contribution in [0.3, 0.4) is 0 Å². The van der Waals surface area contributed by atoms with Gasteiger partial charge in [-0.3, -0.25) is 9.59 Å². The molecule has 1 aliphatic heterocycles. The number of imide groups is 1. The van der Waals surface area contributed by atoms with Crippen molar-refractivity contribution in [3.05, 3.63) is 114 Å². The predicted molar refractivity (Wildman–Crippen MR) is 123 cm³/mol. The van der Waals surface area contributed by atoms with Crippen LogP contribution in [0, 0.1) is 0 Å². The molecule has 0 atom stereocenters. The Morgan fingerprint density at radius 2 is 1.30 bits per heavy atom. The Hall–Kier alpha value is -4.71. The van der Waals surface area contributed by atoms with Crippen LogP contribution < -0.4 is 9.64 Å². The molecule has 0 saturated carbocycles. The van der Waals surface area contributed by atoms with E-state index < -0.39 is 17.8 Å². The van der Waals surface area contributed by atoms with E-state index >= 15 is 0 Å². The van der Waals surface area contributed by atoms with Crippen LogP contribution in [0.2, 0.25) is 0 Å². The Balaban J connectivity index is 1.47. The average molecular weight is 435 g/mol. The first-order valence-corrected chi connectivity index (χ1v) is 10.2. The van der Waals surface area contributed by atoms with Gasteiger partial charge in [0.25, 0.3) is 11.8 Å². The molecule has 0 spiro atoms. The number of anilines is 1. The highest BCUT2D eigenvalue weighted by atomic mass is 16.5. The highest BCUT2D eigenvalue weighted by molar-refractivity contribution is 6.35. The van der Waals surface area contributed by atoms with Gasteiger partial charge in [0.2, 0.25) is 0 Å². The number of carboxylic acids is 1. The zero-order valence-corrected chi connectivity index (χ0v) is 17.3. The molecule has 0 unspecified atom stereocenters. The number of aromatic carboxylic acids is 1. The van der Waals surface area contributed by atoms with Gasteiger partial charge < -0.3 is 9.84 Å². The van der Waals surface area contributed by atoms with Crippen LogP contribution in [0.1, 0.15) is 31.1 Å². The number of benzene rings is 4. The quantitative estimate of drug-likeness (QED) is 0.410. The van der Waals surface area contributed by atoms with Gasteiger partial charge in [-0.2, -0.15) is 0 Å². The third-order valence-electron chi connectivity index (χ3n) is 5.42. The third kappa shape index (κ3) is 3.64. The summed E-state index contributed by atoms with van der Waals surface area (Å²) in [4.78, 5) is 38.7. The lowest BCUT2D eigenvalue weighted by molar-refractivity contribution is 0.0696. The van der Waals surface area contributed by atoms with Crippen molar-refractivity contribution in [2.75, 3.05) is 4.90 Å². The third-order valence-corrected chi connectivity index (χ3v) is 5.42. The van der Waals surface area contributed by atoms with Gasteiger partial charge in [-0.25, -0.2) is 9.69 Å². The first-order chi connectivity index (χ1) is 16.0. The fourth-order valence-electron chi connectivity index (χ4n) is 3.83. The van der Waals surface area contributed by atoms with Crippen molar-refractivity contribution in [2.24, 2.45) is 0 Å². The molecular weight excluding hydrogens is 418 g/mol. The molecule has 1 aliphatic rings. The minimum Gasteiger partial charge on any atom is -0.478 e. The minimum atomic E-state index is -1.03. The van der Waals surface area contributed by atoms with Crippen molar-refractivity contribution in [1.29, 1.82) is 0 Å². The molecule has 4 aromatic carbocycles. The summed E-state index contributed by atoms with van der Waals surface area (Å²) in [6.45, 7) is 0. The molecule has 1 N–H and O–H groups in total. The summed E-state index contributed by atoms with van der Waals surface area (Å²) in [6.07, 6.45) is 0. The fourth-order valence-corrected chi connectivity index (χ4v) is 3.83. The zero-order valence-electron chi connectivity index (χ0n) is 17.3. The van der Waals surface area contributed by atoms with E-state index in [1.165, 1.54) is 35.2 Å². The summed E-state index contributed by atoms with van der Waals surface area (Å²) in [7, 11) is 0. The number of carbonyl (C=O) groups is 3. The predicted octanol–water partition coefficient (Wildman–Crippen LogP) is 5.64. The maximum atomic E-state index is 13.3. The molecule has 0 saturated heterocycles. The lowest BCUT2D eigenvalue weighted by Gasteiger charge is -2.18.